The van der Waals surface area contributed by atoms with Crippen molar-refractivity contribution in [2.45, 2.75) is 40.1 Å². The molecule has 1 aliphatic rings. The normalized spacial score (nSPS) is 28.4. The first-order chi connectivity index (χ1) is 6.43. The summed E-state index contributed by atoms with van der Waals surface area (Å²) >= 11 is 0. The van der Waals surface area contributed by atoms with Crippen LogP contribution in [0.1, 0.15) is 27.7 Å². The molecule has 1 saturated heterocycles. The number of ether oxygens (including phenoxy) is 2. The van der Waals surface area contributed by atoms with Gasteiger partial charge in [-0.25, -0.2) is 4.79 Å². The number of hydrogen-bond acceptors (Lipinski definition) is 3. The molecule has 3 nitrogen and oxygen atoms in total. The number of cyclic esters (lactones) is 1. The Morgan fingerprint density at radius 2 is 1.79 bits per heavy atom. The molecule has 0 aromatic rings. The molecule has 1 fully saturated rings. The van der Waals surface area contributed by atoms with E-state index in [0.717, 1.165) is 0 Å². The minimum absolute atomic E-state index is 0.174. The molecule has 0 unspecified atom stereocenters. The predicted molar refractivity (Wildman–Crippen MR) is 53.6 cm³/mol. The minimum atomic E-state index is -0.430. The second kappa shape index (κ2) is 4.13. The van der Waals surface area contributed by atoms with Gasteiger partial charge in [0.2, 0.25) is 6.29 Å². The van der Waals surface area contributed by atoms with Gasteiger partial charge in [-0.2, -0.15) is 0 Å². The van der Waals surface area contributed by atoms with E-state index < -0.39 is 6.29 Å². The fraction of sp³-hybridized carbons (Fsp3) is 0.727. The lowest BCUT2D eigenvalue weighted by Crippen LogP contribution is -2.42. The highest BCUT2D eigenvalue weighted by atomic mass is 16.7. The molecule has 1 heterocycles. The third-order valence-corrected chi connectivity index (χ3v) is 2.26. The zero-order chi connectivity index (χ0) is 10.9. The van der Waals surface area contributed by atoms with Crippen molar-refractivity contribution in [1.29, 1.82) is 0 Å². The van der Waals surface area contributed by atoms with Gasteiger partial charge in [0.05, 0.1) is 11.7 Å². The molecule has 3 heteroatoms. The quantitative estimate of drug-likeness (QED) is 0.503. The second-order valence-corrected chi connectivity index (χ2v) is 4.34. The van der Waals surface area contributed by atoms with Crippen LogP contribution in [0.5, 0.6) is 0 Å². The van der Waals surface area contributed by atoms with Crippen LogP contribution in [0.3, 0.4) is 0 Å². The Balaban J connectivity index is 2.76. The van der Waals surface area contributed by atoms with Crippen molar-refractivity contribution >= 4 is 5.97 Å². The van der Waals surface area contributed by atoms with Crippen molar-refractivity contribution in [2.75, 3.05) is 0 Å². The Hall–Kier alpha value is -0.830. The number of carbonyl (C=O) groups is 1. The first-order valence-corrected chi connectivity index (χ1v) is 4.98. The Morgan fingerprint density at radius 1 is 1.21 bits per heavy atom. The Morgan fingerprint density at radius 3 is 2.21 bits per heavy atom. The fourth-order valence-corrected chi connectivity index (χ4v) is 1.40. The Kier molecular flexibility index (Phi) is 3.32. The van der Waals surface area contributed by atoms with E-state index in [-0.39, 0.29) is 23.9 Å². The summed E-state index contributed by atoms with van der Waals surface area (Å²) < 4.78 is 10.7. The Labute approximate surface area is 85.1 Å². The lowest BCUT2D eigenvalue weighted by molar-refractivity contribution is -0.217. The minimum Gasteiger partial charge on any atom is -0.432 e. The first kappa shape index (κ1) is 11.2. The third kappa shape index (κ3) is 2.15. The van der Waals surface area contributed by atoms with Gasteiger partial charge in [0.15, 0.2) is 0 Å². The summed E-state index contributed by atoms with van der Waals surface area (Å²) in [5.74, 6) is 0.0959. The highest BCUT2D eigenvalue weighted by molar-refractivity contribution is 5.89. The van der Waals surface area contributed by atoms with Crippen LogP contribution in [-0.2, 0) is 14.3 Å². The second-order valence-electron chi connectivity index (χ2n) is 4.34. The molecule has 1 aliphatic heterocycles. The maximum atomic E-state index is 11.4. The number of rotatable bonds is 2. The molecule has 1 rings (SSSR count). The molecule has 0 radical (unpaired) electrons. The number of carbonyl (C=O) groups excluding carboxylic acids is 1. The van der Waals surface area contributed by atoms with Crippen LogP contribution < -0.4 is 0 Å². The summed E-state index contributed by atoms with van der Waals surface area (Å²) in [6.07, 6.45) is -0.635. The van der Waals surface area contributed by atoms with Crippen molar-refractivity contribution in [3.8, 4) is 0 Å². The van der Waals surface area contributed by atoms with Gasteiger partial charge in [0.1, 0.15) is 0 Å². The molecule has 0 aromatic heterocycles. The van der Waals surface area contributed by atoms with Gasteiger partial charge >= 0.3 is 5.97 Å². The van der Waals surface area contributed by atoms with Crippen LogP contribution in [0, 0.1) is 11.8 Å². The van der Waals surface area contributed by atoms with Crippen molar-refractivity contribution < 1.29 is 14.3 Å². The van der Waals surface area contributed by atoms with E-state index in [4.69, 9.17) is 9.47 Å². The highest BCUT2D eigenvalue weighted by Crippen LogP contribution is 2.26. The largest absolute Gasteiger partial charge is 0.432 e. The third-order valence-electron chi connectivity index (χ3n) is 2.26. The SMILES string of the molecule is C=C1C(=O)O[C@H](C(C)C)O[C@@H]1C(C)C. The fourth-order valence-electron chi connectivity index (χ4n) is 1.40. The van der Waals surface area contributed by atoms with Crippen LogP contribution >= 0.6 is 0 Å². The van der Waals surface area contributed by atoms with E-state index in [2.05, 4.69) is 6.58 Å². The molecule has 0 bridgehead atoms. The lowest BCUT2D eigenvalue weighted by atomic mass is 9.98. The molecule has 0 aromatic carbocycles. The Bertz CT molecular complexity index is 243. The zero-order valence-corrected chi connectivity index (χ0v) is 9.24. The van der Waals surface area contributed by atoms with E-state index in [1.54, 1.807) is 0 Å². The van der Waals surface area contributed by atoms with Crippen LogP contribution in [0.15, 0.2) is 12.2 Å². The van der Waals surface area contributed by atoms with Gasteiger partial charge < -0.3 is 9.47 Å². The van der Waals surface area contributed by atoms with Crippen LogP contribution in [-0.4, -0.2) is 18.4 Å². The molecule has 0 N–H and O–H groups in total. The van der Waals surface area contributed by atoms with Crippen molar-refractivity contribution in [2.24, 2.45) is 11.8 Å². The van der Waals surface area contributed by atoms with Gasteiger partial charge in [0, 0.05) is 5.92 Å². The summed E-state index contributed by atoms with van der Waals surface area (Å²) in [6.45, 7) is 11.6. The summed E-state index contributed by atoms with van der Waals surface area (Å²) in [5, 5.41) is 0. The number of hydrogen-bond donors (Lipinski definition) is 0. The topological polar surface area (TPSA) is 35.5 Å². The number of esters is 1. The molecule has 0 amide bonds. The average Bonchev–Trinajstić information content (AvgIpc) is 2.08. The summed E-state index contributed by atoms with van der Waals surface area (Å²) in [4.78, 5) is 11.4. The molecule has 14 heavy (non-hydrogen) atoms. The molecule has 0 spiro atoms. The maximum Gasteiger partial charge on any atom is 0.338 e. The van der Waals surface area contributed by atoms with Crippen LogP contribution in [0.2, 0.25) is 0 Å². The summed E-state index contributed by atoms with van der Waals surface area (Å²) in [5.41, 5.74) is 0.428. The van der Waals surface area contributed by atoms with Gasteiger partial charge in [-0.3, -0.25) is 0 Å². The van der Waals surface area contributed by atoms with Crippen molar-refractivity contribution in [1.82, 2.24) is 0 Å². The summed E-state index contributed by atoms with van der Waals surface area (Å²) in [7, 11) is 0. The summed E-state index contributed by atoms with van der Waals surface area (Å²) in [6, 6.07) is 0. The van der Waals surface area contributed by atoms with Gasteiger partial charge in [-0.05, 0) is 5.92 Å². The lowest BCUT2D eigenvalue weighted by Gasteiger charge is -2.34. The van der Waals surface area contributed by atoms with Crippen molar-refractivity contribution in [3.05, 3.63) is 12.2 Å². The highest BCUT2D eigenvalue weighted by Gasteiger charge is 2.35. The van der Waals surface area contributed by atoms with E-state index >= 15 is 0 Å². The van der Waals surface area contributed by atoms with E-state index in [9.17, 15) is 4.79 Å². The standard InChI is InChI=1S/C11H18O3/c1-6(2)9-8(5)10(12)14-11(13-9)7(3)4/h6-7,9,11H,5H2,1-4H3/t9-,11-/m1/s1. The monoisotopic (exact) mass is 198 g/mol. The first-order valence-electron chi connectivity index (χ1n) is 4.98. The molecular weight excluding hydrogens is 180 g/mol. The van der Waals surface area contributed by atoms with Crippen molar-refractivity contribution in [3.63, 3.8) is 0 Å². The molecular formula is C11H18O3. The van der Waals surface area contributed by atoms with Gasteiger partial charge in [-0.1, -0.05) is 34.3 Å². The molecule has 80 valence electrons. The smallest absolute Gasteiger partial charge is 0.338 e. The predicted octanol–water partition coefficient (Wildman–Crippen LogP) is 2.12. The van der Waals surface area contributed by atoms with E-state index in [1.807, 2.05) is 27.7 Å². The van der Waals surface area contributed by atoms with E-state index in [1.165, 1.54) is 0 Å². The molecule has 0 saturated carbocycles. The maximum absolute atomic E-state index is 11.4. The van der Waals surface area contributed by atoms with Gasteiger partial charge in [0.25, 0.3) is 0 Å². The molecule has 0 aliphatic carbocycles. The average molecular weight is 198 g/mol. The molecule has 2 atom stereocenters. The van der Waals surface area contributed by atoms with Crippen LogP contribution in [0.25, 0.3) is 0 Å². The van der Waals surface area contributed by atoms with Gasteiger partial charge in [-0.15, -0.1) is 0 Å². The van der Waals surface area contributed by atoms with E-state index in [0.29, 0.717) is 5.57 Å². The van der Waals surface area contributed by atoms with Crippen LogP contribution in [0.4, 0.5) is 0 Å². The zero-order valence-electron chi connectivity index (χ0n) is 9.24.